The van der Waals surface area contributed by atoms with E-state index in [0.29, 0.717) is 24.5 Å². The maximum absolute atomic E-state index is 12.9. The third-order valence-corrected chi connectivity index (χ3v) is 7.99. The highest BCUT2D eigenvalue weighted by Gasteiger charge is 2.51. The van der Waals surface area contributed by atoms with Gasteiger partial charge >= 0.3 is 6.09 Å². The minimum absolute atomic E-state index is 0.0108. The quantitative estimate of drug-likeness (QED) is 0.314. The summed E-state index contributed by atoms with van der Waals surface area (Å²) >= 11 is 0. The molecular formula is C30H42N2O3. The molecule has 1 amide bonds. The number of carbonyl (C=O) groups is 1. The van der Waals surface area contributed by atoms with Crippen molar-refractivity contribution >= 4 is 11.8 Å². The lowest BCUT2D eigenvalue weighted by Crippen LogP contribution is -2.38. The average Bonchev–Trinajstić information content (AvgIpc) is 3.44. The molecule has 0 aliphatic heterocycles. The largest absolute Gasteiger partial charge is 0.446 e. The minimum Gasteiger partial charge on any atom is -0.446 e. The number of hydrogen-bond acceptors (Lipinski definition) is 4. The normalized spacial score (nSPS) is 23.1. The summed E-state index contributed by atoms with van der Waals surface area (Å²) in [6.45, 7) is 1.44. The summed E-state index contributed by atoms with van der Waals surface area (Å²) in [7, 11) is 2.26. The van der Waals surface area contributed by atoms with Crippen LogP contribution < -0.4 is 5.32 Å². The molecule has 5 heteroatoms. The van der Waals surface area contributed by atoms with Gasteiger partial charge in [0.1, 0.15) is 6.10 Å². The smallest absolute Gasteiger partial charge is 0.411 e. The van der Waals surface area contributed by atoms with Crippen molar-refractivity contribution in [1.29, 1.82) is 0 Å². The highest BCUT2D eigenvalue weighted by atomic mass is 16.6. The van der Waals surface area contributed by atoms with E-state index in [1.165, 1.54) is 38.5 Å². The maximum atomic E-state index is 12.9. The summed E-state index contributed by atoms with van der Waals surface area (Å²) < 4.78 is 6.02. The zero-order chi connectivity index (χ0) is 24.5. The van der Waals surface area contributed by atoms with Crippen LogP contribution in [0.2, 0.25) is 0 Å². The highest BCUT2D eigenvalue weighted by Crippen LogP contribution is 2.48. The standard InChI is InChI=1S/C30H42N2O3/c1-32(20-12-5-3-2-4-6-13-21-33)29-24-18-19-26(29)28(22-24)35-30(34)31-27-17-11-10-16-25(27)23-14-8-7-9-15-23/h7-11,14-17,24,26,28-29,33H,2-6,12-13,18-22H2,1H3,(H,31,34). The van der Waals surface area contributed by atoms with Crippen LogP contribution in [0.3, 0.4) is 0 Å². The SMILES string of the molecule is CN(CCCCCCCCCO)C1C2CCC1C(OC(=O)Nc1ccccc1-c1ccccc1)C2. The molecule has 0 spiro atoms. The molecule has 2 saturated carbocycles. The van der Waals surface area contributed by atoms with E-state index in [0.717, 1.165) is 49.0 Å². The Hall–Kier alpha value is -2.37. The monoisotopic (exact) mass is 478 g/mol. The molecule has 0 radical (unpaired) electrons. The molecule has 0 aromatic heterocycles. The summed E-state index contributed by atoms with van der Waals surface area (Å²) in [5.74, 6) is 1.08. The number of aliphatic hydroxyl groups excluding tert-OH is 1. The van der Waals surface area contributed by atoms with Crippen LogP contribution in [0.5, 0.6) is 0 Å². The minimum atomic E-state index is -0.339. The first kappa shape index (κ1) is 25.7. The predicted octanol–water partition coefficient (Wildman–Crippen LogP) is 6.72. The Bertz CT molecular complexity index is 919. The van der Waals surface area contributed by atoms with Gasteiger partial charge in [-0.25, -0.2) is 4.79 Å². The van der Waals surface area contributed by atoms with Crippen molar-refractivity contribution in [3.05, 3.63) is 54.6 Å². The first-order valence-corrected chi connectivity index (χ1v) is 13.6. The van der Waals surface area contributed by atoms with E-state index < -0.39 is 0 Å². The Kier molecular flexibility index (Phi) is 9.61. The molecular weight excluding hydrogens is 436 g/mol. The predicted molar refractivity (Wildman–Crippen MR) is 142 cm³/mol. The lowest BCUT2D eigenvalue weighted by Gasteiger charge is -2.29. The van der Waals surface area contributed by atoms with Crippen LogP contribution in [0.15, 0.2) is 54.6 Å². The molecule has 2 N–H and O–H groups in total. The Morgan fingerprint density at radius 2 is 1.63 bits per heavy atom. The van der Waals surface area contributed by atoms with E-state index in [-0.39, 0.29) is 12.2 Å². The number of nitrogens with one attached hydrogen (secondary N) is 1. The van der Waals surface area contributed by atoms with Gasteiger partial charge in [-0.1, -0.05) is 80.6 Å². The van der Waals surface area contributed by atoms with Crippen molar-refractivity contribution in [2.75, 3.05) is 25.5 Å². The molecule has 0 saturated heterocycles. The Balaban J connectivity index is 1.24. The third-order valence-electron chi connectivity index (χ3n) is 7.99. The number of benzene rings is 2. The lowest BCUT2D eigenvalue weighted by molar-refractivity contribution is 0.0659. The number of para-hydroxylation sites is 1. The second-order valence-corrected chi connectivity index (χ2v) is 10.4. The molecule has 2 fully saturated rings. The van der Waals surface area contributed by atoms with Crippen molar-refractivity contribution in [3.8, 4) is 11.1 Å². The topological polar surface area (TPSA) is 61.8 Å². The van der Waals surface area contributed by atoms with Gasteiger partial charge in [0.2, 0.25) is 0 Å². The number of fused-ring (bicyclic) bond motifs is 2. The number of unbranched alkanes of at least 4 members (excludes halogenated alkanes) is 6. The van der Waals surface area contributed by atoms with E-state index in [1.807, 2.05) is 42.5 Å². The number of aliphatic hydroxyl groups is 1. The first-order valence-electron chi connectivity index (χ1n) is 13.6. The van der Waals surface area contributed by atoms with Gasteiger partial charge in [-0.15, -0.1) is 0 Å². The van der Waals surface area contributed by atoms with Gasteiger partial charge in [-0.3, -0.25) is 5.32 Å². The van der Waals surface area contributed by atoms with Gasteiger partial charge in [0.15, 0.2) is 0 Å². The van der Waals surface area contributed by atoms with Crippen LogP contribution in [0, 0.1) is 11.8 Å². The summed E-state index contributed by atoms with van der Waals surface area (Å²) in [6, 6.07) is 18.6. The second kappa shape index (κ2) is 13.1. The summed E-state index contributed by atoms with van der Waals surface area (Å²) in [5.41, 5.74) is 2.87. The Morgan fingerprint density at radius 1 is 0.943 bits per heavy atom. The van der Waals surface area contributed by atoms with Crippen LogP contribution in [0.4, 0.5) is 10.5 Å². The third kappa shape index (κ3) is 6.86. The van der Waals surface area contributed by atoms with Crippen LogP contribution in [0.25, 0.3) is 11.1 Å². The molecule has 2 bridgehead atoms. The van der Waals surface area contributed by atoms with Crippen molar-refractivity contribution < 1.29 is 14.6 Å². The molecule has 190 valence electrons. The number of hydrogen-bond donors (Lipinski definition) is 2. The molecule has 2 aromatic carbocycles. The number of amides is 1. The number of nitrogens with zero attached hydrogens (tertiary/aromatic N) is 1. The van der Waals surface area contributed by atoms with E-state index >= 15 is 0 Å². The second-order valence-electron chi connectivity index (χ2n) is 10.4. The molecule has 2 aliphatic carbocycles. The number of rotatable bonds is 13. The molecule has 2 aromatic rings. The van der Waals surface area contributed by atoms with Crippen molar-refractivity contribution in [1.82, 2.24) is 4.90 Å². The van der Waals surface area contributed by atoms with Gasteiger partial charge in [0, 0.05) is 24.1 Å². The summed E-state index contributed by atoms with van der Waals surface area (Å²) in [4.78, 5) is 15.4. The van der Waals surface area contributed by atoms with Gasteiger partial charge in [0.05, 0.1) is 5.69 Å². The Labute approximate surface area is 210 Å². The van der Waals surface area contributed by atoms with E-state index in [1.54, 1.807) is 0 Å². The molecule has 2 aliphatic rings. The number of ether oxygens (including phenoxy) is 1. The lowest BCUT2D eigenvalue weighted by atomic mass is 9.98. The zero-order valence-electron chi connectivity index (χ0n) is 21.2. The van der Waals surface area contributed by atoms with Crippen LogP contribution in [-0.2, 0) is 4.74 Å². The van der Waals surface area contributed by atoms with Crippen molar-refractivity contribution in [2.45, 2.75) is 76.4 Å². The fourth-order valence-electron chi connectivity index (χ4n) is 6.30. The van der Waals surface area contributed by atoms with Gasteiger partial charge in [-0.05, 0) is 63.2 Å². The zero-order valence-corrected chi connectivity index (χ0v) is 21.2. The molecule has 35 heavy (non-hydrogen) atoms. The first-order chi connectivity index (χ1) is 17.2. The van der Waals surface area contributed by atoms with Gasteiger partial charge < -0.3 is 14.7 Å². The molecule has 5 nitrogen and oxygen atoms in total. The van der Waals surface area contributed by atoms with E-state index in [9.17, 15) is 4.79 Å². The Morgan fingerprint density at radius 3 is 2.40 bits per heavy atom. The molecule has 4 unspecified atom stereocenters. The van der Waals surface area contributed by atoms with Crippen LogP contribution in [0.1, 0.15) is 64.2 Å². The van der Waals surface area contributed by atoms with E-state index in [2.05, 4.69) is 29.4 Å². The maximum Gasteiger partial charge on any atom is 0.411 e. The van der Waals surface area contributed by atoms with Crippen LogP contribution in [-0.4, -0.2) is 48.4 Å². The molecule has 4 atom stereocenters. The van der Waals surface area contributed by atoms with Gasteiger partial charge in [0.25, 0.3) is 0 Å². The number of anilines is 1. The molecule has 4 rings (SSSR count). The molecule has 0 heterocycles. The average molecular weight is 479 g/mol. The summed E-state index contributed by atoms with van der Waals surface area (Å²) in [5, 5.41) is 11.9. The fraction of sp³-hybridized carbons (Fsp3) is 0.567. The van der Waals surface area contributed by atoms with E-state index in [4.69, 9.17) is 9.84 Å². The van der Waals surface area contributed by atoms with Crippen LogP contribution >= 0.6 is 0 Å². The van der Waals surface area contributed by atoms with Crippen molar-refractivity contribution in [3.63, 3.8) is 0 Å². The van der Waals surface area contributed by atoms with Crippen molar-refractivity contribution in [2.24, 2.45) is 11.8 Å². The van der Waals surface area contributed by atoms with Gasteiger partial charge in [-0.2, -0.15) is 0 Å². The number of carbonyl (C=O) groups excluding carboxylic acids is 1. The highest BCUT2D eigenvalue weighted by molar-refractivity contribution is 5.91. The fourth-order valence-corrected chi connectivity index (χ4v) is 6.30. The summed E-state index contributed by atoms with van der Waals surface area (Å²) in [6.07, 6.45) is 11.4.